The second-order valence-corrected chi connectivity index (χ2v) is 8.78. The third-order valence-corrected chi connectivity index (χ3v) is 5.84. The minimum absolute atomic E-state index is 0.145. The van der Waals surface area contributed by atoms with E-state index < -0.39 is 15.9 Å². The van der Waals surface area contributed by atoms with Crippen LogP contribution in [0.2, 0.25) is 0 Å². The number of hydrogen-bond acceptors (Lipinski definition) is 4. The summed E-state index contributed by atoms with van der Waals surface area (Å²) in [6, 6.07) is 12.9. The summed E-state index contributed by atoms with van der Waals surface area (Å²) in [7, 11) is -3.37. The van der Waals surface area contributed by atoms with Crippen LogP contribution in [0, 0.1) is 6.92 Å². The molecule has 0 saturated carbocycles. The number of hydrogen-bond donors (Lipinski definition) is 1. The largest absolute Gasteiger partial charge is 0.327 e. The van der Waals surface area contributed by atoms with Crippen molar-refractivity contribution < 1.29 is 18.0 Å². The molecule has 27 heavy (non-hydrogen) atoms. The van der Waals surface area contributed by atoms with Crippen LogP contribution in [0.25, 0.3) is 0 Å². The highest BCUT2D eigenvalue weighted by Crippen LogP contribution is 2.24. The number of carbonyl (C=O) groups is 2. The van der Waals surface area contributed by atoms with Crippen LogP contribution in [0.3, 0.4) is 0 Å². The van der Waals surface area contributed by atoms with Gasteiger partial charge < -0.3 is 10.2 Å². The van der Waals surface area contributed by atoms with Gasteiger partial charge in [-0.25, -0.2) is 8.42 Å². The van der Waals surface area contributed by atoms with Crippen LogP contribution in [0.4, 0.5) is 5.69 Å². The molecular formula is C20H22N2O4S. The molecule has 1 saturated heterocycles. The molecule has 2 aromatic rings. The Kier molecular flexibility index (Phi) is 5.32. The molecule has 1 fully saturated rings. The molecular weight excluding hydrogens is 364 g/mol. The first-order valence-corrected chi connectivity index (χ1v) is 10.6. The van der Waals surface area contributed by atoms with Gasteiger partial charge in [0.05, 0.1) is 4.90 Å². The van der Waals surface area contributed by atoms with Crippen LogP contribution in [-0.2, 0) is 14.6 Å². The lowest BCUT2D eigenvalue weighted by atomic mass is 10.1. The van der Waals surface area contributed by atoms with Crippen molar-refractivity contribution in [2.75, 3.05) is 18.1 Å². The molecule has 6 nitrogen and oxygen atoms in total. The topological polar surface area (TPSA) is 83.6 Å². The predicted molar refractivity (Wildman–Crippen MR) is 103 cm³/mol. The van der Waals surface area contributed by atoms with E-state index in [0.29, 0.717) is 24.2 Å². The van der Waals surface area contributed by atoms with Crippen LogP contribution < -0.4 is 5.32 Å². The Labute approximate surface area is 159 Å². The van der Waals surface area contributed by atoms with E-state index in [1.54, 1.807) is 42.2 Å². The fraction of sp³-hybridized carbons (Fsp3) is 0.300. The number of carbonyl (C=O) groups excluding carboxylic acids is 2. The summed E-state index contributed by atoms with van der Waals surface area (Å²) in [5.74, 6) is -0.472. The third kappa shape index (κ3) is 4.19. The highest BCUT2D eigenvalue weighted by molar-refractivity contribution is 7.90. The molecule has 3 rings (SSSR count). The summed E-state index contributed by atoms with van der Waals surface area (Å²) < 4.78 is 23.5. The smallest absolute Gasteiger partial charge is 0.254 e. The van der Waals surface area contributed by atoms with Gasteiger partial charge in [-0.05, 0) is 49.6 Å². The lowest BCUT2D eigenvalue weighted by Crippen LogP contribution is -2.43. The summed E-state index contributed by atoms with van der Waals surface area (Å²) in [6.07, 6.45) is 2.45. The maximum Gasteiger partial charge on any atom is 0.254 e. The second kappa shape index (κ2) is 7.52. The summed E-state index contributed by atoms with van der Waals surface area (Å²) in [6.45, 7) is 2.32. The Morgan fingerprint density at radius 2 is 1.81 bits per heavy atom. The standard InChI is InChI=1S/C20H22N2O4S/c1-14-10-11-16(27(2,25)26)13-17(14)21-19(23)18-9-6-12-22(18)20(24)15-7-4-3-5-8-15/h3-5,7-8,10-11,13,18H,6,9,12H2,1-2H3,(H,21,23)/t18-/m1/s1. The van der Waals surface area contributed by atoms with Gasteiger partial charge >= 0.3 is 0 Å². The number of sulfone groups is 1. The minimum atomic E-state index is -3.37. The molecule has 1 aliphatic rings. The van der Waals surface area contributed by atoms with Crippen molar-refractivity contribution in [3.05, 3.63) is 59.7 Å². The average Bonchev–Trinajstić information content (AvgIpc) is 3.12. The molecule has 2 amide bonds. The fourth-order valence-corrected chi connectivity index (χ4v) is 3.86. The van der Waals surface area contributed by atoms with Crippen molar-refractivity contribution in [2.24, 2.45) is 0 Å². The monoisotopic (exact) mass is 386 g/mol. The summed E-state index contributed by atoms with van der Waals surface area (Å²) in [5.41, 5.74) is 1.75. The number of likely N-dealkylation sites (tertiary alicyclic amines) is 1. The van der Waals surface area contributed by atoms with E-state index in [2.05, 4.69) is 5.32 Å². The van der Waals surface area contributed by atoms with Crippen LogP contribution in [0.5, 0.6) is 0 Å². The molecule has 0 aromatic heterocycles. The minimum Gasteiger partial charge on any atom is -0.327 e. The molecule has 1 atom stereocenters. The molecule has 0 bridgehead atoms. The Balaban J connectivity index is 1.81. The first-order chi connectivity index (χ1) is 12.8. The second-order valence-electron chi connectivity index (χ2n) is 6.76. The van der Waals surface area contributed by atoms with Crippen molar-refractivity contribution in [3.8, 4) is 0 Å². The van der Waals surface area contributed by atoms with E-state index in [1.165, 1.54) is 12.1 Å². The maximum absolute atomic E-state index is 12.8. The van der Waals surface area contributed by atoms with E-state index in [1.807, 2.05) is 6.07 Å². The number of aryl methyl sites for hydroxylation is 1. The molecule has 1 aliphatic heterocycles. The van der Waals surface area contributed by atoms with Crippen molar-refractivity contribution in [1.82, 2.24) is 4.90 Å². The van der Waals surface area contributed by atoms with Gasteiger partial charge in [-0.1, -0.05) is 24.3 Å². The molecule has 2 aromatic carbocycles. The van der Waals surface area contributed by atoms with E-state index in [-0.39, 0.29) is 16.7 Å². The van der Waals surface area contributed by atoms with Gasteiger partial charge in [-0.3, -0.25) is 9.59 Å². The van der Waals surface area contributed by atoms with Crippen LogP contribution in [0.15, 0.2) is 53.4 Å². The van der Waals surface area contributed by atoms with Crippen molar-refractivity contribution >= 4 is 27.3 Å². The normalized spacial score (nSPS) is 17.0. The number of benzene rings is 2. The van der Waals surface area contributed by atoms with Gasteiger partial charge in [0.1, 0.15) is 6.04 Å². The van der Waals surface area contributed by atoms with E-state index >= 15 is 0 Å². The van der Waals surface area contributed by atoms with Gasteiger partial charge in [0.15, 0.2) is 9.84 Å². The molecule has 0 spiro atoms. The summed E-state index contributed by atoms with van der Waals surface area (Å²) in [4.78, 5) is 27.3. The number of nitrogens with zero attached hydrogens (tertiary/aromatic N) is 1. The molecule has 0 aliphatic carbocycles. The zero-order chi connectivity index (χ0) is 19.6. The first-order valence-electron chi connectivity index (χ1n) is 8.75. The van der Waals surface area contributed by atoms with E-state index in [0.717, 1.165) is 18.2 Å². The van der Waals surface area contributed by atoms with Gasteiger partial charge in [-0.15, -0.1) is 0 Å². The first kappa shape index (κ1) is 19.1. The van der Waals surface area contributed by atoms with E-state index in [4.69, 9.17) is 0 Å². The van der Waals surface area contributed by atoms with Gasteiger partial charge in [0, 0.05) is 24.1 Å². The lowest BCUT2D eigenvalue weighted by molar-refractivity contribution is -0.119. The van der Waals surface area contributed by atoms with Crippen molar-refractivity contribution in [1.29, 1.82) is 0 Å². The third-order valence-electron chi connectivity index (χ3n) is 4.73. The van der Waals surface area contributed by atoms with Crippen molar-refractivity contribution in [2.45, 2.75) is 30.7 Å². The van der Waals surface area contributed by atoms with Gasteiger partial charge in [0.2, 0.25) is 5.91 Å². The Morgan fingerprint density at radius 3 is 2.48 bits per heavy atom. The Morgan fingerprint density at radius 1 is 1.11 bits per heavy atom. The zero-order valence-corrected chi connectivity index (χ0v) is 16.1. The van der Waals surface area contributed by atoms with Crippen molar-refractivity contribution in [3.63, 3.8) is 0 Å². The number of amides is 2. The van der Waals surface area contributed by atoms with Gasteiger partial charge in [0.25, 0.3) is 5.91 Å². The predicted octanol–water partition coefficient (Wildman–Crippen LogP) is 2.64. The Bertz CT molecular complexity index is 971. The van der Waals surface area contributed by atoms with Crippen LogP contribution in [-0.4, -0.2) is 44.0 Å². The summed E-state index contributed by atoms with van der Waals surface area (Å²) in [5, 5.41) is 2.80. The lowest BCUT2D eigenvalue weighted by Gasteiger charge is -2.24. The molecule has 0 unspecified atom stereocenters. The van der Waals surface area contributed by atoms with Crippen LogP contribution in [0.1, 0.15) is 28.8 Å². The molecule has 1 N–H and O–H groups in total. The molecule has 0 radical (unpaired) electrons. The van der Waals surface area contributed by atoms with Crippen LogP contribution >= 0.6 is 0 Å². The number of rotatable bonds is 4. The molecule has 1 heterocycles. The SMILES string of the molecule is Cc1ccc(S(C)(=O)=O)cc1NC(=O)[C@H]1CCCN1C(=O)c1ccccc1. The number of nitrogens with one attached hydrogen (secondary N) is 1. The quantitative estimate of drug-likeness (QED) is 0.876. The fourth-order valence-electron chi connectivity index (χ4n) is 3.21. The summed E-state index contributed by atoms with van der Waals surface area (Å²) >= 11 is 0. The highest BCUT2D eigenvalue weighted by atomic mass is 32.2. The Hall–Kier alpha value is -2.67. The maximum atomic E-state index is 12.8. The molecule has 142 valence electrons. The zero-order valence-electron chi connectivity index (χ0n) is 15.3. The van der Waals surface area contributed by atoms with Gasteiger partial charge in [-0.2, -0.15) is 0 Å². The number of anilines is 1. The van der Waals surface area contributed by atoms with E-state index in [9.17, 15) is 18.0 Å². The molecule has 7 heteroatoms. The average molecular weight is 386 g/mol. The highest BCUT2D eigenvalue weighted by Gasteiger charge is 2.34.